The van der Waals surface area contributed by atoms with Crippen molar-refractivity contribution < 1.29 is 0 Å². The number of rotatable bonds is 7. The first-order valence-electron chi connectivity index (χ1n) is 6.36. The van der Waals surface area contributed by atoms with Crippen molar-refractivity contribution in [2.45, 2.75) is 40.0 Å². The monoisotopic (exact) mass is 255 g/mol. The minimum atomic E-state index is 0.633. The molecule has 0 atom stereocenters. The van der Waals surface area contributed by atoms with Crippen LogP contribution in [0.3, 0.4) is 0 Å². The highest BCUT2D eigenvalue weighted by Crippen LogP contribution is 2.14. The number of halogens is 1. The van der Waals surface area contributed by atoms with E-state index in [4.69, 9.17) is 11.6 Å². The zero-order chi connectivity index (χ0) is 12.7. The van der Waals surface area contributed by atoms with Crippen LogP contribution in [-0.4, -0.2) is 28.9 Å². The van der Waals surface area contributed by atoms with Crippen molar-refractivity contribution in [3.8, 4) is 0 Å². The summed E-state index contributed by atoms with van der Waals surface area (Å²) in [7, 11) is 0. The summed E-state index contributed by atoms with van der Waals surface area (Å²) in [5.41, 5.74) is 1.10. The van der Waals surface area contributed by atoms with Gasteiger partial charge in [-0.15, -0.1) is 11.6 Å². The summed E-state index contributed by atoms with van der Waals surface area (Å²) in [6, 6.07) is 2.08. The first-order valence-corrected chi connectivity index (χ1v) is 6.90. The molecule has 0 N–H and O–H groups in total. The maximum atomic E-state index is 5.85. The van der Waals surface area contributed by atoms with E-state index in [1.54, 1.807) is 0 Å². The van der Waals surface area contributed by atoms with Gasteiger partial charge in [0, 0.05) is 30.7 Å². The minimum Gasteiger partial charge on any atom is -0.355 e. The number of alkyl halides is 1. The van der Waals surface area contributed by atoms with Gasteiger partial charge in [-0.1, -0.05) is 20.3 Å². The Kier molecular flexibility index (Phi) is 6.27. The summed E-state index contributed by atoms with van der Waals surface area (Å²) in [5.74, 6) is 2.49. The number of aromatic nitrogens is 2. The topological polar surface area (TPSA) is 29.0 Å². The van der Waals surface area contributed by atoms with Gasteiger partial charge in [-0.05, 0) is 19.8 Å². The van der Waals surface area contributed by atoms with Crippen LogP contribution < -0.4 is 4.90 Å². The van der Waals surface area contributed by atoms with Gasteiger partial charge >= 0.3 is 0 Å². The Morgan fingerprint density at radius 3 is 2.59 bits per heavy atom. The van der Waals surface area contributed by atoms with Crippen LogP contribution in [0.15, 0.2) is 6.07 Å². The summed E-state index contributed by atoms with van der Waals surface area (Å²) in [6.45, 7) is 8.12. The summed E-state index contributed by atoms with van der Waals surface area (Å²) in [6.07, 6.45) is 3.30. The Balaban J connectivity index is 2.87. The van der Waals surface area contributed by atoms with Crippen LogP contribution >= 0.6 is 11.6 Å². The Labute approximate surface area is 109 Å². The smallest absolute Gasteiger partial charge is 0.132 e. The van der Waals surface area contributed by atoms with Gasteiger partial charge in [0.1, 0.15) is 11.6 Å². The molecule has 0 radical (unpaired) electrons. The third kappa shape index (κ3) is 4.50. The van der Waals surface area contributed by atoms with Crippen LogP contribution in [0.25, 0.3) is 0 Å². The van der Waals surface area contributed by atoms with Crippen molar-refractivity contribution in [3.63, 3.8) is 0 Å². The van der Waals surface area contributed by atoms with Crippen molar-refractivity contribution in [3.05, 3.63) is 17.6 Å². The second-order valence-corrected chi connectivity index (χ2v) is 4.53. The number of hydrogen-bond acceptors (Lipinski definition) is 3. The fourth-order valence-corrected chi connectivity index (χ4v) is 1.95. The van der Waals surface area contributed by atoms with Gasteiger partial charge in [-0.2, -0.15) is 0 Å². The van der Waals surface area contributed by atoms with Gasteiger partial charge in [0.25, 0.3) is 0 Å². The lowest BCUT2D eigenvalue weighted by Crippen LogP contribution is -2.28. The van der Waals surface area contributed by atoms with Crippen LogP contribution in [0.1, 0.15) is 38.2 Å². The average molecular weight is 256 g/mol. The standard InChI is InChI=1S/C13H22ClN3/c1-4-6-8-17(9-7-14)13-10-12(5-2)15-11(3)16-13/h10H,4-9H2,1-3H3. The molecule has 0 spiro atoms. The first kappa shape index (κ1) is 14.2. The molecule has 1 aromatic heterocycles. The fourth-order valence-electron chi connectivity index (χ4n) is 1.75. The highest BCUT2D eigenvalue weighted by molar-refractivity contribution is 6.18. The molecule has 3 nitrogen and oxygen atoms in total. The van der Waals surface area contributed by atoms with E-state index in [9.17, 15) is 0 Å². The Morgan fingerprint density at radius 2 is 2.00 bits per heavy atom. The highest BCUT2D eigenvalue weighted by Gasteiger charge is 2.09. The van der Waals surface area contributed by atoms with E-state index < -0.39 is 0 Å². The van der Waals surface area contributed by atoms with Crippen LogP contribution in [0.2, 0.25) is 0 Å². The van der Waals surface area contributed by atoms with Crippen molar-refractivity contribution in [1.29, 1.82) is 0 Å². The summed E-state index contributed by atoms with van der Waals surface area (Å²) < 4.78 is 0. The molecule has 4 heteroatoms. The van der Waals surface area contributed by atoms with E-state index >= 15 is 0 Å². The van der Waals surface area contributed by atoms with E-state index in [1.807, 2.05) is 6.92 Å². The Hall–Kier alpha value is -0.830. The van der Waals surface area contributed by atoms with Crippen molar-refractivity contribution in [1.82, 2.24) is 9.97 Å². The van der Waals surface area contributed by atoms with E-state index in [0.29, 0.717) is 5.88 Å². The molecule has 1 rings (SSSR count). The third-order valence-electron chi connectivity index (χ3n) is 2.70. The molecule has 17 heavy (non-hydrogen) atoms. The van der Waals surface area contributed by atoms with Crippen LogP contribution in [0, 0.1) is 6.92 Å². The maximum absolute atomic E-state index is 5.85. The second-order valence-electron chi connectivity index (χ2n) is 4.15. The SMILES string of the molecule is CCCCN(CCCl)c1cc(CC)nc(C)n1. The predicted octanol–water partition coefficient (Wildman–Crippen LogP) is 3.19. The van der Waals surface area contributed by atoms with E-state index in [-0.39, 0.29) is 0 Å². The lowest BCUT2D eigenvalue weighted by Gasteiger charge is -2.23. The molecule has 0 unspecified atom stereocenters. The highest BCUT2D eigenvalue weighted by atomic mass is 35.5. The van der Waals surface area contributed by atoms with Gasteiger partial charge < -0.3 is 4.90 Å². The van der Waals surface area contributed by atoms with Crippen LogP contribution in [0.5, 0.6) is 0 Å². The van der Waals surface area contributed by atoms with E-state index in [2.05, 4.69) is 34.8 Å². The van der Waals surface area contributed by atoms with Gasteiger partial charge in [0.05, 0.1) is 0 Å². The minimum absolute atomic E-state index is 0.633. The molecule has 0 aromatic carbocycles. The molecule has 0 aliphatic carbocycles. The zero-order valence-electron chi connectivity index (χ0n) is 11.0. The zero-order valence-corrected chi connectivity index (χ0v) is 11.8. The lowest BCUT2D eigenvalue weighted by molar-refractivity contribution is 0.720. The summed E-state index contributed by atoms with van der Waals surface area (Å²) >= 11 is 5.85. The van der Waals surface area contributed by atoms with Gasteiger partial charge in [0.2, 0.25) is 0 Å². The molecule has 96 valence electrons. The number of hydrogen-bond donors (Lipinski definition) is 0. The molecule has 0 amide bonds. The summed E-state index contributed by atoms with van der Waals surface area (Å²) in [5, 5.41) is 0. The van der Waals surface area contributed by atoms with Gasteiger partial charge in [0.15, 0.2) is 0 Å². The van der Waals surface area contributed by atoms with E-state index in [0.717, 1.165) is 36.8 Å². The number of unbranched alkanes of at least 4 members (excludes halogenated alkanes) is 1. The quantitative estimate of drug-likeness (QED) is 0.701. The Morgan fingerprint density at radius 1 is 1.24 bits per heavy atom. The van der Waals surface area contributed by atoms with Crippen LogP contribution in [-0.2, 0) is 6.42 Å². The Bertz CT molecular complexity index is 341. The molecule has 0 bridgehead atoms. The van der Waals surface area contributed by atoms with Crippen molar-refractivity contribution in [2.24, 2.45) is 0 Å². The fraction of sp³-hybridized carbons (Fsp3) is 0.692. The van der Waals surface area contributed by atoms with E-state index in [1.165, 1.54) is 12.8 Å². The van der Waals surface area contributed by atoms with Crippen molar-refractivity contribution >= 4 is 17.4 Å². The molecule has 0 saturated carbocycles. The second kappa shape index (κ2) is 7.49. The van der Waals surface area contributed by atoms with Crippen molar-refractivity contribution in [2.75, 3.05) is 23.9 Å². The molecule has 1 heterocycles. The molecule has 1 aromatic rings. The number of aryl methyl sites for hydroxylation is 2. The number of anilines is 1. The molecule has 0 fully saturated rings. The normalized spacial score (nSPS) is 10.6. The molecule has 0 saturated heterocycles. The molecular weight excluding hydrogens is 234 g/mol. The predicted molar refractivity (Wildman–Crippen MR) is 74.0 cm³/mol. The third-order valence-corrected chi connectivity index (χ3v) is 2.87. The molecule has 0 aliphatic rings. The maximum Gasteiger partial charge on any atom is 0.132 e. The molecule has 0 aliphatic heterocycles. The average Bonchev–Trinajstić information content (AvgIpc) is 2.33. The number of nitrogens with zero attached hydrogens (tertiary/aromatic N) is 3. The summed E-state index contributed by atoms with van der Waals surface area (Å²) in [4.78, 5) is 11.2. The first-order chi connectivity index (χ1) is 8.21. The van der Waals surface area contributed by atoms with Gasteiger partial charge in [-0.3, -0.25) is 0 Å². The largest absolute Gasteiger partial charge is 0.355 e. The lowest BCUT2D eigenvalue weighted by atomic mass is 10.2. The molecular formula is C13H22ClN3. The van der Waals surface area contributed by atoms with Gasteiger partial charge in [-0.25, -0.2) is 9.97 Å². The van der Waals surface area contributed by atoms with Crippen LogP contribution in [0.4, 0.5) is 5.82 Å².